The van der Waals surface area contributed by atoms with E-state index in [9.17, 15) is 4.79 Å². The predicted molar refractivity (Wildman–Crippen MR) is 110 cm³/mol. The first-order valence-corrected chi connectivity index (χ1v) is 9.74. The van der Waals surface area contributed by atoms with Crippen LogP contribution in [-0.4, -0.2) is 60.1 Å². The zero-order valence-corrected chi connectivity index (χ0v) is 18.0. The smallest absolute Gasteiger partial charge is 0.230 e. The summed E-state index contributed by atoms with van der Waals surface area (Å²) in [7, 11) is 0. The maximum Gasteiger partial charge on any atom is 0.230 e. The fourth-order valence-electron chi connectivity index (χ4n) is 5.04. The van der Waals surface area contributed by atoms with Gasteiger partial charge in [0.1, 0.15) is 5.76 Å². The topological polar surface area (TPSA) is 61.6 Å². The molecule has 1 aliphatic carbocycles. The molecule has 154 valence electrons. The second-order valence-corrected chi connectivity index (χ2v) is 8.10. The molecule has 0 spiro atoms. The molecule has 0 radical (unpaired) electrons. The molecule has 1 aromatic heterocycles. The van der Waals surface area contributed by atoms with Gasteiger partial charge in [-0.1, -0.05) is 18.0 Å². The second kappa shape index (κ2) is 9.12. The van der Waals surface area contributed by atoms with E-state index in [4.69, 9.17) is 4.52 Å². The highest BCUT2D eigenvalue weighted by Gasteiger charge is 2.51. The molecule has 1 N–H and O–H groups in total. The van der Waals surface area contributed by atoms with Crippen molar-refractivity contribution in [3.63, 3.8) is 0 Å². The number of carbonyl (C=O) groups excluding carboxylic acids is 1. The van der Waals surface area contributed by atoms with Gasteiger partial charge >= 0.3 is 0 Å². The largest absolute Gasteiger partial charge is 0.361 e. The number of halogens is 2. The molecule has 0 bridgehead atoms. The van der Waals surface area contributed by atoms with E-state index in [1.165, 1.54) is 24.8 Å². The van der Waals surface area contributed by atoms with E-state index in [1.54, 1.807) is 0 Å². The van der Waals surface area contributed by atoms with Gasteiger partial charge in [-0.2, -0.15) is 0 Å². The first-order chi connectivity index (χ1) is 12.1. The lowest BCUT2D eigenvalue weighted by molar-refractivity contribution is -0.147. The van der Waals surface area contributed by atoms with Crippen molar-refractivity contribution in [3.05, 3.63) is 17.0 Å². The van der Waals surface area contributed by atoms with E-state index in [-0.39, 0.29) is 30.2 Å². The molecule has 2 atom stereocenters. The average molecular weight is 419 g/mol. The number of hydrogen-bond acceptors (Lipinski definition) is 5. The molecule has 2 saturated heterocycles. The molecular formula is C19H32Cl2N4O2. The number of carbonyl (C=O) groups is 1. The third kappa shape index (κ3) is 4.14. The second-order valence-electron chi connectivity index (χ2n) is 8.10. The van der Waals surface area contributed by atoms with E-state index in [2.05, 4.69) is 20.3 Å². The molecule has 1 amide bonds. The van der Waals surface area contributed by atoms with Gasteiger partial charge in [-0.3, -0.25) is 9.69 Å². The summed E-state index contributed by atoms with van der Waals surface area (Å²) >= 11 is 0. The third-order valence-corrected chi connectivity index (χ3v) is 6.69. The lowest BCUT2D eigenvalue weighted by atomic mass is 9.67. The van der Waals surface area contributed by atoms with E-state index in [0.717, 1.165) is 63.7 Å². The number of hydrogen-bond donors (Lipinski definition) is 1. The summed E-state index contributed by atoms with van der Waals surface area (Å²) in [5.41, 5.74) is 2.07. The Balaban J connectivity index is 0.00000131. The van der Waals surface area contributed by atoms with Crippen molar-refractivity contribution in [2.45, 2.75) is 46.1 Å². The first kappa shape index (κ1) is 22.5. The summed E-state index contributed by atoms with van der Waals surface area (Å²) < 4.78 is 5.27. The zero-order valence-electron chi connectivity index (χ0n) is 16.3. The van der Waals surface area contributed by atoms with Crippen molar-refractivity contribution in [3.8, 4) is 0 Å². The molecule has 3 aliphatic rings. The summed E-state index contributed by atoms with van der Waals surface area (Å²) in [5.74, 6) is 1.88. The Hall–Kier alpha value is -0.820. The lowest BCUT2D eigenvalue weighted by Crippen LogP contribution is -2.55. The number of fused-ring (bicyclic) bond motifs is 1. The number of piperazine rings is 1. The number of nitrogens with one attached hydrogen (secondary N) is 1. The van der Waals surface area contributed by atoms with Crippen LogP contribution in [0.2, 0.25) is 0 Å². The van der Waals surface area contributed by atoms with Crippen LogP contribution < -0.4 is 5.32 Å². The van der Waals surface area contributed by atoms with E-state index >= 15 is 0 Å². The molecule has 1 saturated carbocycles. The molecule has 3 fully saturated rings. The van der Waals surface area contributed by atoms with Crippen LogP contribution in [-0.2, 0) is 11.3 Å². The highest BCUT2D eigenvalue weighted by Crippen LogP contribution is 2.45. The van der Waals surface area contributed by atoms with Crippen molar-refractivity contribution in [2.75, 3.05) is 39.3 Å². The normalized spacial score (nSPS) is 28.2. The Bertz CT molecular complexity index is 626. The molecule has 6 nitrogen and oxygen atoms in total. The van der Waals surface area contributed by atoms with Gasteiger partial charge < -0.3 is 14.7 Å². The van der Waals surface area contributed by atoms with Crippen molar-refractivity contribution >= 4 is 30.7 Å². The van der Waals surface area contributed by atoms with Crippen LogP contribution in [0.1, 0.15) is 42.7 Å². The quantitative estimate of drug-likeness (QED) is 0.816. The number of aryl methyl sites for hydroxylation is 2. The minimum atomic E-state index is -0.109. The fraction of sp³-hybridized carbons (Fsp3) is 0.789. The Morgan fingerprint density at radius 3 is 2.63 bits per heavy atom. The summed E-state index contributed by atoms with van der Waals surface area (Å²) in [4.78, 5) is 17.9. The van der Waals surface area contributed by atoms with Crippen LogP contribution in [0.25, 0.3) is 0 Å². The Morgan fingerprint density at radius 2 is 1.96 bits per heavy atom. The van der Waals surface area contributed by atoms with Gasteiger partial charge in [0.25, 0.3) is 0 Å². The fourth-order valence-corrected chi connectivity index (χ4v) is 5.04. The van der Waals surface area contributed by atoms with Gasteiger partial charge in [0.15, 0.2) is 0 Å². The van der Waals surface area contributed by atoms with Gasteiger partial charge in [0, 0.05) is 44.8 Å². The van der Waals surface area contributed by atoms with Crippen molar-refractivity contribution in [1.82, 2.24) is 20.3 Å². The van der Waals surface area contributed by atoms with Gasteiger partial charge in [0.05, 0.1) is 11.1 Å². The summed E-state index contributed by atoms with van der Waals surface area (Å²) in [6, 6.07) is 0. The van der Waals surface area contributed by atoms with Crippen LogP contribution in [0.4, 0.5) is 0 Å². The zero-order chi connectivity index (χ0) is 17.4. The van der Waals surface area contributed by atoms with Crippen molar-refractivity contribution in [2.24, 2.45) is 11.3 Å². The van der Waals surface area contributed by atoms with Gasteiger partial charge in [0.2, 0.25) is 5.91 Å². The van der Waals surface area contributed by atoms with E-state index in [0.29, 0.717) is 11.8 Å². The highest BCUT2D eigenvalue weighted by atomic mass is 35.5. The molecule has 8 heteroatoms. The van der Waals surface area contributed by atoms with Crippen molar-refractivity contribution < 1.29 is 9.32 Å². The van der Waals surface area contributed by atoms with Gasteiger partial charge in [-0.15, -0.1) is 24.8 Å². The molecule has 0 unspecified atom stereocenters. The lowest BCUT2D eigenvalue weighted by Gasteiger charge is -2.43. The molecule has 27 heavy (non-hydrogen) atoms. The molecule has 3 heterocycles. The first-order valence-electron chi connectivity index (χ1n) is 9.74. The Morgan fingerprint density at radius 1 is 1.22 bits per heavy atom. The van der Waals surface area contributed by atoms with Crippen LogP contribution >= 0.6 is 24.8 Å². The van der Waals surface area contributed by atoms with Crippen LogP contribution in [0.3, 0.4) is 0 Å². The van der Waals surface area contributed by atoms with E-state index < -0.39 is 0 Å². The number of aromatic nitrogens is 1. The third-order valence-electron chi connectivity index (χ3n) is 6.69. The van der Waals surface area contributed by atoms with E-state index in [1.807, 2.05) is 13.8 Å². The maximum atomic E-state index is 13.3. The summed E-state index contributed by atoms with van der Waals surface area (Å²) in [6.07, 6.45) is 4.77. The number of amides is 1. The predicted octanol–water partition coefficient (Wildman–Crippen LogP) is 2.56. The standard InChI is InChI=1S/C19H30N4O2.2ClH/c1-14-17(15(2)25-21-14)12-22-7-9-23(10-8-22)18(24)19-6-4-3-5-16(19)11-20-13-19;;/h16,20H,3-13H2,1-2H3;2*1H/t16-,19+;;/m0../s1. The number of rotatable bonds is 3. The highest BCUT2D eigenvalue weighted by molar-refractivity contribution is 5.85. The average Bonchev–Trinajstić information content (AvgIpc) is 3.21. The summed E-state index contributed by atoms with van der Waals surface area (Å²) in [5, 5.41) is 7.55. The SMILES string of the molecule is Cc1noc(C)c1CN1CCN(C(=O)[C@@]23CCCC[C@H]2CNC3)CC1.Cl.Cl. The monoisotopic (exact) mass is 418 g/mol. The van der Waals surface area contributed by atoms with Gasteiger partial charge in [-0.05, 0) is 39.2 Å². The molecule has 4 rings (SSSR count). The van der Waals surface area contributed by atoms with Crippen LogP contribution in [0.5, 0.6) is 0 Å². The van der Waals surface area contributed by atoms with Crippen LogP contribution in [0, 0.1) is 25.2 Å². The van der Waals surface area contributed by atoms with Crippen molar-refractivity contribution in [1.29, 1.82) is 0 Å². The minimum absolute atomic E-state index is 0. The molecule has 0 aromatic carbocycles. The minimum Gasteiger partial charge on any atom is -0.361 e. The molecule has 1 aromatic rings. The van der Waals surface area contributed by atoms with Crippen LogP contribution in [0.15, 0.2) is 4.52 Å². The molecule has 2 aliphatic heterocycles. The number of nitrogens with zero attached hydrogens (tertiary/aromatic N) is 3. The summed E-state index contributed by atoms with van der Waals surface area (Å²) in [6.45, 7) is 10.3. The Kier molecular flexibility index (Phi) is 7.59. The Labute approximate surface area is 174 Å². The molecular weight excluding hydrogens is 387 g/mol. The van der Waals surface area contributed by atoms with Gasteiger partial charge in [-0.25, -0.2) is 0 Å². The maximum absolute atomic E-state index is 13.3.